The number of hydrogen-bond donors (Lipinski definition) is 1. The van der Waals surface area contributed by atoms with Crippen molar-refractivity contribution in [3.63, 3.8) is 0 Å². The molecule has 92 valence electrons. The van der Waals surface area contributed by atoms with E-state index in [1.807, 2.05) is 17.0 Å². The minimum Gasteiger partial charge on any atom is -0.330 e. The van der Waals surface area contributed by atoms with Crippen LogP contribution in [0, 0.1) is 0 Å². The van der Waals surface area contributed by atoms with Crippen molar-refractivity contribution < 1.29 is 4.79 Å². The van der Waals surface area contributed by atoms with Crippen LogP contribution in [0.5, 0.6) is 0 Å². The van der Waals surface area contributed by atoms with Crippen molar-refractivity contribution in [2.24, 2.45) is 5.73 Å². The number of hydrogen-bond acceptors (Lipinski definition) is 2. The van der Waals surface area contributed by atoms with E-state index < -0.39 is 0 Å². The fourth-order valence-electron chi connectivity index (χ4n) is 2.35. The van der Waals surface area contributed by atoms with Crippen LogP contribution in [0.25, 0.3) is 0 Å². The van der Waals surface area contributed by atoms with Crippen molar-refractivity contribution in [2.45, 2.75) is 32.1 Å². The van der Waals surface area contributed by atoms with E-state index in [2.05, 4.69) is 12.1 Å². The Balaban J connectivity index is 2.05. The molecule has 1 aromatic carbocycles. The maximum absolute atomic E-state index is 12.1. The molecule has 0 aromatic heterocycles. The fourth-order valence-corrected chi connectivity index (χ4v) is 2.35. The van der Waals surface area contributed by atoms with Crippen LogP contribution in [0.15, 0.2) is 24.3 Å². The third kappa shape index (κ3) is 2.86. The number of nitrogens with two attached hydrogens (primary N) is 1. The Morgan fingerprint density at radius 3 is 2.94 bits per heavy atom. The number of unbranched alkanes of at least 4 members (excludes halogenated alkanes) is 1. The SMILES string of the molecule is NCCCCC(=O)N1CCCc2ccccc21. The third-order valence-electron chi connectivity index (χ3n) is 3.26. The predicted octanol–water partition coefficient (Wildman–Crippen LogP) is 2.09. The highest BCUT2D eigenvalue weighted by Crippen LogP contribution is 2.27. The molecule has 1 heterocycles. The Morgan fingerprint density at radius 1 is 1.29 bits per heavy atom. The summed E-state index contributed by atoms with van der Waals surface area (Å²) in [7, 11) is 0. The van der Waals surface area contributed by atoms with E-state index in [1.54, 1.807) is 0 Å². The molecule has 2 rings (SSSR count). The molecule has 1 aromatic rings. The third-order valence-corrected chi connectivity index (χ3v) is 3.26. The Kier molecular flexibility index (Phi) is 4.15. The maximum atomic E-state index is 12.1. The van der Waals surface area contributed by atoms with Crippen LogP contribution in [0.3, 0.4) is 0 Å². The molecule has 0 aliphatic carbocycles. The van der Waals surface area contributed by atoms with Crippen LogP contribution in [0.2, 0.25) is 0 Å². The van der Waals surface area contributed by atoms with Gasteiger partial charge in [0.05, 0.1) is 0 Å². The molecule has 17 heavy (non-hydrogen) atoms. The summed E-state index contributed by atoms with van der Waals surface area (Å²) >= 11 is 0. The highest BCUT2D eigenvalue weighted by molar-refractivity contribution is 5.94. The molecule has 0 bridgehead atoms. The number of carbonyl (C=O) groups is 1. The standard InChI is InChI=1S/C14H20N2O/c15-10-4-3-9-14(17)16-11-5-7-12-6-1-2-8-13(12)16/h1-2,6,8H,3-5,7,9-11,15H2. The van der Waals surface area contributed by atoms with Gasteiger partial charge in [-0.25, -0.2) is 0 Å². The molecule has 0 atom stereocenters. The molecule has 0 saturated heterocycles. The number of nitrogens with zero attached hydrogens (tertiary/aromatic N) is 1. The van der Waals surface area contributed by atoms with Gasteiger partial charge in [-0.15, -0.1) is 0 Å². The number of benzene rings is 1. The van der Waals surface area contributed by atoms with E-state index in [0.717, 1.165) is 37.9 Å². The molecular formula is C14H20N2O. The zero-order valence-corrected chi connectivity index (χ0v) is 10.2. The van der Waals surface area contributed by atoms with Gasteiger partial charge in [0.15, 0.2) is 0 Å². The average molecular weight is 232 g/mol. The summed E-state index contributed by atoms with van der Waals surface area (Å²) in [6.07, 6.45) is 4.60. The number of anilines is 1. The first-order valence-corrected chi connectivity index (χ1v) is 6.41. The lowest BCUT2D eigenvalue weighted by atomic mass is 10.0. The summed E-state index contributed by atoms with van der Waals surface area (Å²) in [6, 6.07) is 8.22. The van der Waals surface area contributed by atoms with Gasteiger partial charge in [0, 0.05) is 18.7 Å². The van der Waals surface area contributed by atoms with Gasteiger partial charge < -0.3 is 10.6 Å². The average Bonchev–Trinajstić information content (AvgIpc) is 2.38. The first-order chi connectivity index (χ1) is 8.33. The van der Waals surface area contributed by atoms with Crippen LogP contribution in [-0.4, -0.2) is 19.0 Å². The van der Waals surface area contributed by atoms with Gasteiger partial charge in [-0.3, -0.25) is 4.79 Å². The smallest absolute Gasteiger partial charge is 0.226 e. The van der Waals surface area contributed by atoms with Gasteiger partial charge in [0.25, 0.3) is 0 Å². The van der Waals surface area contributed by atoms with Gasteiger partial charge in [0.1, 0.15) is 0 Å². The molecule has 1 aliphatic rings. The van der Waals surface area contributed by atoms with Crippen molar-refractivity contribution in [1.29, 1.82) is 0 Å². The van der Waals surface area contributed by atoms with Crippen molar-refractivity contribution in [2.75, 3.05) is 18.0 Å². The molecule has 1 aliphatic heterocycles. The Hall–Kier alpha value is -1.35. The van der Waals surface area contributed by atoms with Crippen molar-refractivity contribution in [3.05, 3.63) is 29.8 Å². The summed E-state index contributed by atoms with van der Waals surface area (Å²) < 4.78 is 0. The molecule has 0 saturated carbocycles. The van der Waals surface area contributed by atoms with Crippen LogP contribution in [0.4, 0.5) is 5.69 Å². The molecule has 0 spiro atoms. The highest BCUT2D eigenvalue weighted by atomic mass is 16.2. The van der Waals surface area contributed by atoms with E-state index >= 15 is 0 Å². The summed E-state index contributed by atoms with van der Waals surface area (Å²) in [6.45, 7) is 1.53. The van der Waals surface area contributed by atoms with Crippen LogP contribution >= 0.6 is 0 Å². The summed E-state index contributed by atoms with van der Waals surface area (Å²) in [5, 5.41) is 0. The predicted molar refractivity (Wildman–Crippen MR) is 70.0 cm³/mol. The van der Waals surface area contributed by atoms with Crippen LogP contribution < -0.4 is 10.6 Å². The molecule has 0 unspecified atom stereocenters. The second-order valence-electron chi connectivity index (χ2n) is 4.52. The molecule has 1 amide bonds. The number of rotatable bonds is 4. The molecule has 3 nitrogen and oxygen atoms in total. The van der Waals surface area contributed by atoms with Crippen molar-refractivity contribution in [3.8, 4) is 0 Å². The molecule has 0 fully saturated rings. The molecular weight excluding hydrogens is 212 g/mol. The lowest BCUT2D eigenvalue weighted by Crippen LogP contribution is -2.35. The van der Waals surface area contributed by atoms with Gasteiger partial charge >= 0.3 is 0 Å². The lowest BCUT2D eigenvalue weighted by Gasteiger charge is -2.29. The summed E-state index contributed by atoms with van der Waals surface area (Å²) in [5.41, 5.74) is 7.85. The van der Waals surface area contributed by atoms with E-state index in [-0.39, 0.29) is 5.91 Å². The topological polar surface area (TPSA) is 46.3 Å². The number of amides is 1. The zero-order valence-electron chi connectivity index (χ0n) is 10.2. The van der Waals surface area contributed by atoms with E-state index in [4.69, 9.17) is 5.73 Å². The minimum absolute atomic E-state index is 0.241. The molecule has 3 heteroatoms. The zero-order chi connectivity index (χ0) is 12.1. The molecule has 0 radical (unpaired) electrons. The number of para-hydroxylation sites is 1. The van der Waals surface area contributed by atoms with Gasteiger partial charge in [-0.2, -0.15) is 0 Å². The summed E-state index contributed by atoms with van der Waals surface area (Å²) in [5.74, 6) is 0.241. The van der Waals surface area contributed by atoms with Crippen molar-refractivity contribution >= 4 is 11.6 Å². The lowest BCUT2D eigenvalue weighted by molar-refractivity contribution is -0.118. The van der Waals surface area contributed by atoms with E-state index in [0.29, 0.717) is 13.0 Å². The second-order valence-corrected chi connectivity index (χ2v) is 4.52. The Bertz CT molecular complexity index is 390. The summed E-state index contributed by atoms with van der Waals surface area (Å²) in [4.78, 5) is 14.1. The minimum atomic E-state index is 0.241. The normalized spacial score (nSPS) is 14.5. The van der Waals surface area contributed by atoms with Gasteiger partial charge in [0.2, 0.25) is 5.91 Å². The fraction of sp³-hybridized carbons (Fsp3) is 0.500. The highest BCUT2D eigenvalue weighted by Gasteiger charge is 2.21. The van der Waals surface area contributed by atoms with Crippen LogP contribution in [-0.2, 0) is 11.2 Å². The first-order valence-electron chi connectivity index (χ1n) is 6.41. The first kappa shape index (κ1) is 12.1. The van der Waals surface area contributed by atoms with E-state index in [1.165, 1.54) is 5.56 Å². The van der Waals surface area contributed by atoms with Gasteiger partial charge in [-0.05, 0) is 43.9 Å². The molecule has 2 N–H and O–H groups in total. The Labute approximate surface area is 103 Å². The monoisotopic (exact) mass is 232 g/mol. The van der Waals surface area contributed by atoms with Crippen molar-refractivity contribution in [1.82, 2.24) is 0 Å². The van der Waals surface area contributed by atoms with Crippen LogP contribution in [0.1, 0.15) is 31.2 Å². The quantitative estimate of drug-likeness (QED) is 0.808. The second kappa shape index (κ2) is 5.82. The number of fused-ring (bicyclic) bond motifs is 1. The number of aryl methyl sites for hydroxylation is 1. The Morgan fingerprint density at radius 2 is 2.12 bits per heavy atom. The van der Waals surface area contributed by atoms with E-state index in [9.17, 15) is 4.79 Å². The van der Waals surface area contributed by atoms with Gasteiger partial charge in [-0.1, -0.05) is 18.2 Å². The number of carbonyl (C=O) groups excluding carboxylic acids is 1. The largest absolute Gasteiger partial charge is 0.330 e. The maximum Gasteiger partial charge on any atom is 0.226 e.